The molecule has 5 rings (SSSR count). The molecule has 2 aliphatic heterocycles. The fraction of sp³-hybridized carbons (Fsp3) is 0.444. The number of benzene rings is 2. The number of esters is 1. The zero-order chi connectivity index (χ0) is 21.9. The molecule has 0 saturated heterocycles. The first-order valence-corrected chi connectivity index (χ1v) is 11.5. The van der Waals surface area contributed by atoms with E-state index in [4.69, 9.17) is 9.47 Å². The molecule has 0 aromatic heterocycles. The molecule has 4 unspecified atom stereocenters. The predicted octanol–water partition coefficient (Wildman–Crippen LogP) is 5.36. The average Bonchev–Trinajstić information content (AvgIpc) is 3.03. The lowest BCUT2D eigenvalue weighted by atomic mass is 9.64. The van der Waals surface area contributed by atoms with Gasteiger partial charge in [0.25, 0.3) is 0 Å². The number of nitrogens with zero attached hydrogens (tertiary/aromatic N) is 1. The highest BCUT2D eigenvalue weighted by Crippen LogP contribution is 2.58. The van der Waals surface area contributed by atoms with Crippen LogP contribution in [-0.4, -0.2) is 30.1 Å². The van der Waals surface area contributed by atoms with Crippen molar-refractivity contribution in [1.29, 1.82) is 0 Å². The number of carbonyl (C=O) groups excluding carboxylic acids is 1. The average molecular weight is 418 g/mol. The minimum Gasteiger partial charge on any atom is -0.489 e. The van der Waals surface area contributed by atoms with Crippen molar-refractivity contribution in [1.82, 2.24) is 4.90 Å². The van der Waals surface area contributed by atoms with Crippen molar-refractivity contribution in [2.24, 2.45) is 11.8 Å². The van der Waals surface area contributed by atoms with Gasteiger partial charge >= 0.3 is 5.97 Å². The van der Waals surface area contributed by atoms with Crippen molar-refractivity contribution >= 4 is 5.97 Å². The van der Waals surface area contributed by atoms with Crippen molar-refractivity contribution in [3.8, 4) is 5.75 Å². The van der Waals surface area contributed by atoms with E-state index in [1.54, 1.807) is 0 Å². The maximum atomic E-state index is 13.1. The van der Waals surface area contributed by atoms with Crippen LogP contribution in [-0.2, 0) is 10.3 Å². The molecule has 4 atom stereocenters. The Morgan fingerprint density at radius 3 is 2.61 bits per heavy atom. The van der Waals surface area contributed by atoms with E-state index in [1.165, 1.54) is 5.70 Å². The standard InChI is InChI=1S/C27H31NO3/c1-6-28(7-2)22-13-12-21-25(18(22)5)30-23-15-16(3)14-17(4)24(23)27(21)20-11-9-8-10-19(20)26(29)31-27/h8-11,13-15,18,21,25H,6-7,12H2,1-5H3. The summed E-state index contributed by atoms with van der Waals surface area (Å²) in [6.07, 6.45) is 3.11. The van der Waals surface area contributed by atoms with Gasteiger partial charge in [-0.15, -0.1) is 0 Å². The van der Waals surface area contributed by atoms with E-state index in [0.717, 1.165) is 47.5 Å². The Kier molecular flexibility index (Phi) is 4.65. The molecule has 31 heavy (non-hydrogen) atoms. The quantitative estimate of drug-likeness (QED) is 0.630. The van der Waals surface area contributed by atoms with Crippen LogP contribution in [0.1, 0.15) is 59.8 Å². The monoisotopic (exact) mass is 417 g/mol. The Labute approximate surface area is 184 Å². The number of allylic oxidation sites excluding steroid dienone is 1. The van der Waals surface area contributed by atoms with Gasteiger partial charge in [-0.25, -0.2) is 4.79 Å². The third kappa shape index (κ3) is 2.70. The van der Waals surface area contributed by atoms with Crippen LogP contribution < -0.4 is 4.74 Å². The van der Waals surface area contributed by atoms with Crippen molar-refractivity contribution in [3.05, 3.63) is 76.0 Å². The Bertz CT molecular complexity index is 1080. The van der Waals surface area contributed by atoms with Crippen LogP contribution in [0.4, 0.5) is 0 Å². The summed E-state index contributed by atoms with van der Waals surface area (Å²) in [5, 5.41) is 0. The SMILES string of the molecule is CCN(CC)C1=CCC2C(Oc3cc(C)cc(C)c3C23OC(=O)c2ccccc23)C1C. The van der Waals surface area contributed by atoms with Gasteiger partial charge in [0.1, 0.15) is 11.9 Å². The van der Waals surface area contributed by atoms with Gasteiger partial charge < -0.3 is 14.4 Å². The molecule has 0 fully saturated rings. The molecule has 0 bridgehead atoms. The van der Waals surface area contributed by atoms with E-state index < -0.39 is 5.60 Å². The second kappa shape index (κ2) is 7.15. The molecule has 162 valence electrons. The molecule has 0 saturated carbocycles. The largest absolute Gasteiger partial charge is 0.489 e. The van der Waals surface area contributed by atoms with E-state index >= 15 is 0 Å². The molecule has 0 amide bonds. The summed E-state index contributed by atoms with van der Waals surface area (Å²) in [6, 6.07) is 12.2. The van der Waals surface area contributed by atoms with Gasteiger partial charge in [-0.2, -0.15) is 0 Å². The Morgan fingerprint density at radius 1 is 1.13 bits per heavy atom. The lowest BCUT2D eigenvalue weighted by Crippen LogP contribution is -2.54. The van der Waals surface area contributed by atoms with E-state index in [9.17, 15) is 4.79 Å². The Balaban J connectivity index is 1.76. The van der Waals surface area contributed by atoms with E-state index in [1.807, 2.05) is 18.2 Å². The fourth-order valence-corrected chi connectivity index (χ4v) is 6.20. The topological polar surface area (TPSA) is 38.8 Å². The second-order valence-electron chi connectivity index (χ2n) is 9.14. The normalized spacial score (nSPS) is 28.2. The van der Waals surface area contributed by atoms with Crippen LogP contribution in [0.3, 0.4) is 0 Å². The molecule has 1 aliphatic carbocycles. The van der Waals surface area contributed by atoms with Crippen molar-refractivity contribution in [2.75, 3.05) is 13.1 Å². The van der Waals surface area contributed by atoms with Gasteiger partial charge in [-0.1, -0.05) is 37.3 Å². The number of carbonyl (C=O) groups is 1. The highest BCUT2D eigenvalue weighted by molar-refractivity contribution is 5.96. The summed E-state index contributed by atoms with van der Waals surface area (Å²) in [6.45, 7) is 12.8. The summed E-state index contributed by atoms with van der Waals surface area (Å²) >= 11 is 0. The molecular weight excluding hydrogens is 386 g/mol. The van der Waals surface area contributed by atoms with E-state index in [-0.39, 0.29) is 23.9 Å². The summed E-state index contributed by atoms with van der Waals surface area (Å²) in [4.78, 5) is 15.5. The number of ether oxygens (including phenoxy) is 2. The van der Waals surface area contributed by atoms with Gasteiger partial charge in [0.2, 0.25) is 0 Å². The number of aryl methyl sites for hydroxylation is 2. The summed E-state index contributed by atoms with van der Waals surface area (Å²) in [7, 11) is 0. The van der Waals surface area contributed by atoms with Crippen molar-refractivity contribution in [3.63, 3.8) is 0 Å². The number of rotatable bonds is 3. The van der Waals surface area contributed by atoms with Crippen LogP contribution in [0.15, 0.2) is 48.2 Å². The maximum absolute atomic E-state index is 13.1. The predicted molar refractivity (Wildman–Crippen MR) is 121 cm³/mol. The summed E-state index contributed by atoms with van der Waals surface area (Å²) in [5.41, 5.74) is 5.49. The highest BCUT2D eigenvalue weighted by Gasteiger charge is 2.61. The third-order valence-electron chi connectivity index (χ3n) is 7.47. The molecule has 2 aromatic carbocycles. The van der Waals surface area contributed by atoms with E-state index in [2.05, 4.69) is 63.8 Å². The van der Waals surface area contributed by atoms with Crippen LogP contribution in [0, 0.1) is 25.7 Å². The highest BCUT2D eigenvalue weighted by atomic mass is 16.6. The number of fused-ring (bicyclic) bond motifs is 6. The minimum atomic E-state index is -0.802. The smallest absolute Gasteiger partial charge is 0.339 e. The Morgan fingerprint density at radius 2 is 1.87 bits per heavy atom. The van der Waals surface area contributed by atoms with Crippen LogP contribution in [0.5, 0.6) is 5.75 Å². The van der Waals surface area contributed by atoms with E-state index in [0.29, 0.717) is 5.56 Å². The molecule has 2 heterocycles. The number of hydrogen-bond donors (Lipinski definition) is 0. The zero-order valence-electron chi connectivity index (χ0n) is 19.1. The Hall–Kier alpha value is -2.75. The first-order valence-electron chi connectivity index (χ1n) is 11.5. The molecular formula is C27H31NO3. The lowest BCUT2D eigenvalue weighted by molar-refractivity contribution is -0.0838. The molecule has 4 nitrogen and oxygen atoms in total. The van der Waals surface area contributed by atoms with Crippen LogP contribution >= 0.6 is 0 Å². The first kappa shape index (κ1) is 20.2. The third-order valence-corrected chi connectivity index (χ3v) is 7.47. The fourth-order valence-electron chi connectivity index (χ4n) is 6.20. The summed E-state index contributed by atoms with van der Waals surface area (Å²) in [5.74, 6) is 0.864. The van der Waals surface area contributed by atoms with Crippen LogP contribution in [0.25, 0.3) is 0 Å². The van der Waals surface area contributed by atoms with Gasteiger partial charge in [-0.3, -0.25) is 0 Å². The maximum Gasteiger partial charge on any atom is 0.339 e. The lowest BCUT2D eigenvalue weighted by Gasteiger charge is -2.51. The molecule has 0 radical (unpaired) electrons. The van der Waals surface area contributed by atoms with Crippen molar-refractivity contribution in [2.45, 2.75) is 52.7 Å². The minimum absolute atomic E-state index is 0.0309. The first-order chi connectivity index (χ1) is 14.9. The van der Waals surface area contributed by atoms with Gasteiger partial charge in [0.15, 0.2) is 5.60 Å². The van der Waals surface area contributed by atoms with Crippen molar-refractivity contribution < 1.29 is 14.3 Å². The molecule has 0 N–H and O–H groups in total. The van der Waals surface area contributed by atoms with Crippen LogP contribution in [0.2, 0.25) is 0 Å². The molecule has 1 spiro atoms. The molecule has 3 aliphatic rings. The zero-order valence-corrected chi connectivity index (χ0v) is 19.1. The molecule has 2 aromatic rings. The van der Waals surface area contributed by atoms with Gasteiger partial charge in [0.05, 0.1) is 5.56 Å². The van der Waals surface area contributed by atoms with Gasteiger partial charge in [-0.05, 0) is 57.4 Å². The van der Waals surface area contributed by atoms with Gasteiger partial charge in [0, 0.05) is 41.7 Å². The number of hydrogen-bond acceptors (Lipinski definition) is 4. The molecule has 4 heteroatoms. The second-order valence-corrected chi connectivity index (χ2v) is 9.14. The summed E-state index contributed by atoms with van der Waals surface area (Å²) < 4.78 is 13.2.